The normalized spacial score (nSPS) is 18.5. The SMILES string of the molecule is C=C[CH2-].CC1=[C-]C(C)(C)C(C)=C1C.CC1=[C-]C(C)(C)C(C)=C1C.F.F.[Zr+3]. The molecule has 0 nitrogen and oxygen atoms in total. The third-order valence-electron chi connectivity index (χ3n) is 5.12. The molecule has 1 radical (unpaired) electrons. The van der Waals surface area contributed by atoms with Crippen molar-refractivity contribution in [3.8, 4) is 0 Å². The van der Waals surface area contributed by atoms with Gasteiger partial charge in [0.15, 0.2) is 0 Å². The molecule has 0 aromatic heterocycles. The second-order valence-corrected chi connectivity index (χ2v) is 7.54. The van der Waals surface area contributed by atoms with Crippen molar-refractivity contribution in [1.82, 2.24) is 0 Å². The van der Waals surface area contributed by atoms with Crippen molar-refractivity contribution in [3.63, 3.8) is 0 Å². The first kappa shape index (κ1) is 32.9. The van der Waals surface area contributed by atoms with E-state index in [2.05, 4.69) is 94.9 Å². The summed E-state index contributed by atoms with van der Waals surface area (Å²) in [5, 5.41) is 0. The average molecular weight is 443 g/mol. The van der Waals surface area contributed by atoms with E-state index in [4.69, 9.17) is 0 Å². The summed E-state index contributed by atoms with van der Waals surface area (Å²) in [7, 11) is 0. The smallest absolute Gasteiger partial charge is 0.269 e. The van der Waals surface area contributed by atoms with Crippen LogP contribution in [0.2, 0.25) is 0 Å². The molecule has 0 saturated heterocycles. The minimum absolute atomic E-state index is 0. The van der Waals surface area contributed by atoms with Crippen LogP contribution in [0.1, 0.15) is 69.2 Å². The quantitative estimate of drug-likeness (QED) is 0.340. The first-order valence-electron chi connectivity index (χ1n) is 8.32. The van der Waals surface area contributed by atoms with Crippen LogP contribution in [0.4, 0.5) is 9.41 Å². The summed E-state index contributed by atoms with van der Waals surface area (Å²) in [4.78, 5) is 0. The zero-order valence-corrected chi connectivity index (χ0v) is 20.8. The molecular weight excluding hydrogens is 405 g/mol. The van der Waals surface area contributed by atoms with E-state index in [1.165, 1.54) is 39.5 Å². The molecule has 0 saturated carbocycles. The minimum Gasteiger partial charge on any atom is -0.269 e. The number of hydrogen-bond acceptors (Lipinski definition) is 0. The molecule has 0 spiro atoms. The fourth-order valence-electron chi connectivity index (χ4n) is 2.81. The molecule has 0 unspecified atom stereocenters. The molecular formula is C23H37F2Zr. The maximum atomic E-state index is 3.44. The Hall–Kier alpha value is -0.687. The Balaban J connectivity index is -0.000000147. The molecule has 0 aromatic rings. The van der Waals surface area contributed by atoms with Crippen LogP contribution in [0.5, 0.6) is 0 Å². The summed E-state index contributed by atoms with van der Waals surface area (Å²) in [6, 6.07) is 0. The van der Waals surface area contributed by atoms with Gasteiger partial charge in [-0.3, -0.25) is 21.6 Å². The minimum atomic E-state index is 0. The molecule has 0 aromatic carbocycles. The van der Waals surface area contributed by atoms with Crippen LogP contribution < -0.4 is 0 Å². The summed E-state index contributed by atoms with van der Waals surface area (Å²) in [5.41, 5.74) is 8.79. The number of rotatable bonds is 0. The first-order chi connectivity index (χ1) is 10.3. The van der Waals surface area contributed by atoms with Crippen LogP contribution in [-0.2, 0) is 26.2 Å². The molecule has 0 fully saturated rings. The van der Waals surface area contributed by atoms with Crippen molar-refractivity contribution in [3.05, 3.63) is 65.2 Å². The van der Waals surface area contributed by atoms with Gasteiger partial charge in [0.1, 0.15) is 0 Å². The Kier molecular flexibility index (Phi) is 16.0. The van der Waals surface area contributed by atoms with Gasteiger partial charge in [0.25, 0.3) is 0 Å². The predicted molar refractivity (Wildman–Crippen MR) is 110 cm³/mol. The van der Waals surface area contributed by atoms with Crippen LogP contribution in [0.15, 0.2) is 46.1 Å². The fourth-order valence-corrected chi connectivity index (χ4v) is 2.81. The molecule has 2 aliphatic rings. The molecule has 0 atom stereocenters. The maximum Gasteiger partial charge on any atom is 3.00 e. The maximum absolute atomic E-state index is 3.44. The molecule has 2 aliphatic carbocycles. The zero-order valence-electron chi connectivity index (χ0n) is 18.3. The summed E-state index contributed by atoms with van der Waals surface area (Å²) in [6.07, 6.45) is 8.37. The molecule has 0 amide bonds. The van der Waals surface area contributed by atoms with Gasteiger partial charge in [0.05, 0.1) is 0 Å². The van der Waals surface area contributed by atoms with E-state index in [-0.39, 0.29) is 46.4 Å². The average Bonchev–Trinajstić information content (AvgIpc) is 2.71. The molecule has 2 rings (SSSR count). The van der Waals surface area contributed by atoms with Crippen molar-refractivity contribution in [1.29, 1.82) is 0 Å². The standard InChI is InChI=1S/2C10H15.C3H5.2FH.Zr/c2*1-7-6-10(4,5)9(3)8(7)2;1-3-2;;;/h2*1-5H3;3H,1-2H2;2*1H;/q3*-1;;;+3. The first-order valence-corrected chi connectivity index (χ1v) is 8.32. The van der Waals surface area contributed by atoms with E-state index >= 15 is 0 Å². The summed E-state index contributed by atoms with van der Waals surface area (Å²) in [5.74, 6) is 0. The largest absolute Gasteiger partial charge is 3.00 e. The number of halogens is 2. The van der Waals surface area contributed by atoms with Gasteiger partial charge in [0, 0.05) is 0 Å². The monoisotopic (exact) mass is 441 g/mol. The molecule has 26 heavy (non-hydrogen) atoms. The van der Waals surface area contributed by atoms with E-state index in [0.717, 1.165) is 0 Å². The topological polar surface area (TPSA) is 0 Å². The van der Waals surface area contributed by atoms with Crippen LogP contribution in [0.3, 0.4) is 0 Å². The molecule has 0 bridgehead atoms. The summed E-state index contributed by atoms with van der Waals surface area (Å²) < 4.78 is 0. The van der Waals surface area contributed by atoms with Crippen LogP contribution in [-0.4, -0.2) is 0 Å². The fraction of sp³-hybridized carbons (Fsp3) is 0.522. The van der Waals surface area contributed by atoms with Crippen LogP contribution >= 0.6 is 0 Å². The van der Waals surface area contributed by atoms with Gasteiger partial charge in [0.2, 0.25) is 0 Å². The molecule has 0 N–H and O–H groups in total. The molecule has 0 aliphatic heterocycles. The van der Waals surface area contributed by atoms with Crippen molar-refractivity contribution in [2.45, 2.75) is 69.2 Å². The summed E-state index contributed by atoms with van der Waals surface area (Å²) >= 11 is 0. The zero-order chi connectivity index (χ0) is 18.6. The Morgan fingerprint density at radius 3 is 0.962 bits per heavy atom. The Morgan fingerprint density at radius 2 is 0.923 bits per heavy atom. The van der Waals surface area contributed by atoms with Gasteiger partial charge in [-0.1, -0.05) is 66.2 Å². The van der Waals surface area contributed by atoms with Gasteiger partial charge in [-0.25, -0.2) is 30.7 Å². The van der Waals surface area contributed by atoms with Gasteiger partial charge in [-0.2, -0.15) is 22.3 Å². The van der Waals surface area contributed by atoms with Gasteiger partial charge >= 0.3 is 26.2 Å². The predicted octanol–water partition coefficient (Wildman–Crippen LogP) is 7.53. The third-order valence-corrected chi connectivity index (χ3v) is 5.12. The Labute approximate surface area is 180 Å². The molecule has 0 heterocycles. The Morgan fingerprint density at radius 1 is 0.731 bits per heavy atom. The van der Waals surface area contributed by atoms with Crippen molar-refractivity contribution in [2.75, 3.05) is 0 Å². The van der Waals surface area contributed by atoms with Gasteiger partial charge < -0.3 is 0 Å². The van der Waals surface area contributed by atoms with Gasteiger partial charge in [-0.05, 0) is 0 Å². The third kappa shape index (κ3) is 8.34. The van der Waals surface area contributed by atoms with Crippen molar-refractivity contribution in [2.24, 2.45) is 10.8 Å². The molecule has 3 heteroatoms. The molecule has 147 valence electrons. The second kappa shape index (κ2) is 12.7. The van der Waals surface area contributed by atoms with E-state index < -0.39 is 0 Å². The van der Waals surface area contributed by atoms with E-state index in [1.807, 2.05) is 0 Å². The van der Waals surface area contributed by atoms with Gasteiger partial charge in [-0.15, -0.1) is 13.8 Å². The van der Waals surface area contributed by atoms with Crippen molar-refractivity contribution < 1.29 is 35.6 Å². The van der Waals surface area contributed by atoms with E-state index in [9.17, 15) is 0 Å². The van der Waals surface area contributed by atoms with E-state index in [0.29, 0.717) is 0 Å². The van der Waals surface area contributed by atoms with Crippen molar-refractivity contribution >= 4 is 0 Å². The number of hydrogen-bond donors (Lipinski definition) is 0. The Bertz CT molecular complexity index is 535. The second-order valence-electron chi connectivity index (χ2n) is 7.54. The van der Waals surface area contributed by atoms with E-state index in [1.54, 1.807) is 0 Å². The summed E-state index contributed by atoms with van der Waals surface area (Å²) in [6.45, 7) is 28.3. The van der Waals surface area contributed by atoms with Crippen LogP contribution in [0, 0.1) is 29.9 Å². The van der Waals surface area contributed by atoms with Crippen LogP contribution in [0.25, 0.3) is 0 Å². The number of allylic oxidation sites excluding steroid dienone is 9.